The minimum atomic E-state index is 0.318. The number of hydrogen-bond donors (Lipinski definition) is 1. The first-order chi connectivity index (χ1) is 6.40. The SMILES string of the molecule is Cc1noc(C)c1CNCC(C)(C)C. The molecule has 0 radical (unpaired) electrons. The lowest BCUT2D eigenvalue weighted by atomic mass is 9.97. The number of rotatable bonds is 3. The van der Waals surface area contributed by atoms with Crippen LogP contribution in [-0.4, -0.2) is 11.7 Å². The van der Waals surface area contributed by atoms with Crippen LogP contribution in [0.1, 0.15) is 37.8 Å². The number of nitrogens with one attached hydrogen (secondary N) is 1. The molecule has 0 aliphatic heterocycles. The smallest absolute Gasteiger partial charge is 0.138 e. The van der Waals surface area contributed by atoms with Crippen LogP contribution >= 0.6 is 0 Å². The maximum atomic E-state index is 5.09. The van der Waals surface area contributed by atoms with E-state index in [1.807, 2.05) is 13.8 Å². The number of aromatic nitrogens is 1. The summed E-state index contributed by atoms with van der Waals surface area (Å²) in [5, 5.41) is 7.33. The fraction of sp³-hybridized carbons (Fsp3) is 0.727. The van der Waals surface area contributed by atoms with Crippen LogP contribution in [0.2, 0.25) is 0 Å². The zero-order chi connectivity index (χ0) is 10.8. The summed E-state index contributed by atoms with van der Waals surface area (Å²) in [7, 11) is 0. The number of aryl methyl sites for hydroxylation is 2. The highest BCUT2D eigenvalue weighted by molar-refractivity contribution is 5.20. The molecule has 14 heavy (non-hydrogen) atoms. The summed E-state index contributed by atoms with van der Waals surface area (Å²) < 4.78 is 5.09. The van der Waals surface area contributed by atoms with E-state index in [0.29, 0.717) is 5.41 Å². The zero-order valence-electron chi connectivity index (χ0n) is 9.77. The molecule has 0 bridgehead atoms. The Bertz CT molecular complexity index is 277. The zero-order valence-corrected chi connectivity index (χ0v) is 9.77. The predicted molar refractivity (Wildman–Crippen MR) is 57.1 cm³/mol. The molecule has 1 N–H and O–H groups in total. The topological polar surface area (TPSA) is 38.1 Å². The third kappa shape index (κ3) is 3.14. The third-order valence-electron chi connectivity index (χ3n) is 2.14. The van der Waals surface area contributed by atoms with Gasteiger partial charge in [-0.15, -0.1) is 0 Å². The van der Waals surface area contributed by atoms with Crippen molar-refractivity contribution in [2.24, 2.45) is 5.41 Å². The monoisotopic (exact) mass is 196 g/mol. The Hall–Kier alpha value is -0.830. The average Bonchev–Trinajstić information content (AvgIpc) is 2.33. The van der Waals surface area contributed by atoms with Crippen molar-refractivity contribution in [2.45, 2.75) is 41.2 Å². The van der Waals surface area contributed by atoms with Crippen molar-refractivity contribution in [2.75, 3.05) is 6.54 Å². The van der Waals surface area contributed by atoms with E-state index in [1.165, 1.54) is 5.56 Å². The predicted octanol–water partition coefficient (Wildman–Crippen LogP) is 2.43. The Morgan fingerprint density at radius 3 is 2.36 bits per heavy atom. The van der Waals surface area contributed by atoms with Crippen molar-refractivity contribution in [3.63, 3.8) is 0 Å². The molecule has 80 valence electrons. The van der Waals surface area contributed by atoms with Crippen molar-refractivity contribution >= 4 is 0 Å². The first-order valence-corrected chi connectivity index (χ1v) is 5.02. The summed E-state index contributed by atoms with van der Waals surface area (Å²) in [6, 6.07) is 0. The van der Waals surface area contributed by atoms with Gasteiger partial charge in [0.25, 0.3) is 0 Å². The second-order valence-electron chi connectivity index (χ2n) is 4.97. The largest absolute Gasteiger partial charge is 0.361 e. The minimum absolute atomic E-state index is 0.318. The highest BCUT2D eigenvalue weighted by atomic mass is 16.5. The first kappa shape index (κ1) is 11.2. The van der Waals surface area contributed by atoms with Gasteiger partial charge >= 0.3 is 0 Å². The molecular formula is C11H20N2O. The Balaban J connectivity index is 2.46. The summed E-state index contributed by atoms with van der Waals surface area (Å²) in [5.74, 6) is 0.920. The van der Waals surface area contributed by atoms with E-state index in [9.17, 15) is 0 Å². The maximum Gasteiger partial charge on any atom is 0.138 e. The van der Waals surface area contributed by atoms with E-state index >= 15 is 0 Å². The summed E-state index contributed by atoms with van der Waals surface area (Å²) in [5.41, 5.74) is 2.50. The first-order valence-electron chi connectivity index (χ1n) is 5.02. The molecule has 1 aromatic heterocycles. The molecule has 1 rings (SSSR count). The minimum Gasteiger partial charge on any atom is -0.361 e. The van der Waals surface area contributed by atoms with E-state index in [1.54, 1.807) is 0 Å². The van der Waals surface area contributed by atoms with Gasteiger partial charge in [-0.3, -0.25) is 0 Å². The van der Waals surface area contributed by atoms with Crippen LogP contribution < -0.4 is 5.32 Å². The summed E-state index contributed by atoms with van der Waals surface area (Å²) in [4.78, 5) is 0. The van der Waals surface area contributed by atoms with Gasteiger partial charge in [0.15, 0.2) is 0 Å². The standard InChI is InChI=1S/C11H20N2O/c1-8-10(9(2)14-13-8)6-12-7-11(3,4)5/h12H,6-7H2,1-5H3. The van der Waals surface area contributed by atoms with Gasteiger partial charge in [-0.05, 0) is 19.3 Å². The van der Waals surface area contributed by atoms with Crippen LogP contribution in [0.4, 0.5) is 0 Å². The van der Waals surface area contributed by atoms with Crippen molar-refractivity contribution in [1.29, 1.82) is 0 Å². The summed E-state index contributed by atoms with van der Waals surface area (Å²) >= 11 is 0. The van der Waals surface area contributed by atoms with Crippen molar-refractivity contribution in [3.05, 3.63) is 17.0 Å². The normalized spacial score (nSPS) is 12.1. The number of hydrogen-bond acceptors (Lipinski definition) is 3. The van der Waals surface area contributed by atoms with E-state index in [4.69, 9.17) is 4.52 Å². The Morgan fingerprint density at radius 1 is 1.29 bits per heavy atom. The van der Waals surface area contributed by atoms with Gasteiger partial charge in [-0.1, -0.05) is 25.9 Å². The lowest BCUT2D eigenvalue weighted by Crippen LogP contribution is -2.26. The molecule has 0 unspecified atom stereocenters. The Labute approximate surface area is 85.9 Å². The van der Waals surface area contributed by atoms with Crippen LogP contribution in [0.15, 0.2) is 4.52 Å². The molecule has 0 aliphatic rings. The molecular weight excluding hydrogens is 176 g/mol. The summed E-state index contributed by atoms with van der Waals surface area (Å²) in [6.07, 6.45) is 0. The molecule has 0 saturated carbocycles. The highest BCUT2D eigenvalue weighted by Crippen LogP contribution is 2.14. The second kappa shape index (κ2) is 4.13. The Kier molecular flexibility index (Phi) is 3.32. The van der Waals surface area contributed by atoms with Gasteiger partial charge in [-0.2, -0.15) is 0 Å². The molecule has 0 aliphatic carbocycles. The molecule has 3 heteroatoms. The number of nitrogens with zero attached hydrogens (tertiary/aromatic N) is 1. The molecule has 1 heterocycles. The Morgan fingerprint density at radius 2 is 1.93 bits per heavy atom. The third-order valence-corrected chi connectivity index (χ3v) is 2.14. The molecule has 1 aromatic rings. The van der Waals surface area contributed by atoms with Crippen molar-refractivity contribution < 1.29 is 4.52 Å². The van der Waals surface area contributed by atoms with Gasteiger partial charge in [0, 0.05) is 18.7 Å². The van der Waals surface area contributed by atoms with Crippen LogP contribution in [0.25, 0.3) is 0 Å². The second-order valence-corrected chi connectivity index (χ2v) is 4.97. The maximum absolute atomic E-state index is 5.09. The van der Waals surface area contributed by atoms with Crippen molar-refractivity contribution in [1.82, 2.24) is 10.5 Å². The molecule has 0 spiro atoms. The van der Waals surface area contributed by atoms with Gasteiger partial charge < -0.3 is 9.84 Å². The van der Waals surface area contributed by atoms with Gasteiger partial charge in [0.05, 0.1) is 5.69 Å². The lowest BCUT2D eigenvalue weighted by Gasteiger charge is -2.18. The molecule has 0 fully saturated rings. The molecule has 0 aromatic carbocycles. The van der Waals surface area contributed by atoms with E-state index in [-0.39, 0.29) is 0 Å². The van der Waals surface area contributed by atoms with E-state index in [0.717, 1.165) is 24.5 Å². The molecule has 0 atom stereocenters. The highest BCUT2D eigenvalue weighted by Gasteiger charge is 2.12. The summed E-state index contributed by atoms with van der Waals surface area (Å²) in [6.45, 7) is 12.4. The van der Waals surface area contributed by atoms with E-state index < -0.39 is 0 Å². The van der Waals surface area contributed by atoms with Crippen LogP contribution in [0.5, 0.6) is 0 Å². The fourth-order valence-corrected chi connectivity index (χ4v) is 1.32. The average molecular weight is 196 g/mol. The van der Waals surface area contributed by atoms with Crippen LogP contribution in [-0.2, 0) is 6.54 Å². The van der Waals surface area contributed by atoms with E-state index in [2.05, 4.69) is 31.2 Å². The lowest BCUT2D eigenvalue weighted by molar-refractivity contribution is 0.375. The van der Waals surface area contributed by atoms with Gasteiger partial charge in [0.2, 0.25) is 0 Å². The molecule has 0 saturated heterocycles. The van der Waals surface area contributed by atoms with Gasteiger partial charge in [-0.25, -0.2) is 0 Å². The van der Waals surface area contributed by atoms with Crippen LogP contribution in [0, 0.1) is 19.3 Å². The van der Waals surface area contributed by atoms with Crippen LogP contribution in [0.3, 0.4) is 0 Å². The molecule has 0 amide bonds. The quantitative estimate of drug-likeness (QED) is 0.806. The molecule has 3 nitrogen and oxygen atoms in total. The van der Waals surface area contributed by atoms with Crippen molar-refractivity contribution in [3.8, 4) is 0 Å². The fourth-order valence-electron chi connectivity index (χ4n) is 1.32. The van der Waals surface area contributed by atoms with Gasteiger partial charge in [0.1, 0.15) is 5.76 Å².